The lowest BCUT2D eigenvalue weighted by molar-refractivity contribution is -0.384. The molecule has 0 aromatic heterocycles. The normalized spacial score (nSPS) is 16.0. The van der Waals surface area contributed by atoms with E-state index >= 15 is 0 Å². The number of nitro groups is 1. The Kier molecular flexibility index (Phi) is 6.05. The minimum absolute atomic E-state index is 0.122. The molecule has 0 unspecified atom stereocenters. The average molecular weight is 458 g/mol. The van der Waals surface area contributed by atoms with Crippen LogP contribution >= 0.6 is 0 Å². The number of benzene rings is 2. The van der Waals surface area contributed by atoms with Gasteiger partial charge >= 0.3 is 0 Å². The van der Waals surface area contributed by atoms with Crippen molar-refractivity contribution in [2.24, 2.45) is 5.92 Å². The van der Waals surface area contributed by atoms with E-state index in [1.807, 2.05) is 0 Å². The van der Waals surface area contributed by atoms with Gasteiger partial charge in [0.1, 0.15) is 6.04 Å². The van der Waals surface area contributed by atoms with Crippen LogP contribution < -0.4 is 10.0 Å². The Balaban J connectivity index is 1.59. The smallest absolute Gasteiger partial charge is 0.269 e. The van der Waals surface area contributed by atoms with Crippen molar-refractivity contribution in [1.29, 1.82) is 0 Å². The molecule has 2 N–H and O–H groups in total. The van der Waals surface area contributed by atoms with E-state index in [0.717, 1.165) is 56.3 Å². The van der Waals surface area contributed by atoms with Crippen LogP contribution in [0.2, 0.25) is 0 Å². The van der Waals surface area contributed by atoms with Crippen LogP contribution in [0.1, 0.15) is 48.9 Å². The van der Waals surface area contributed by atoms with E-state index in [1.165, 1.54) is 34.4 Å². The summed E-state index contributed by atoms with van der Waals surface area (Å²) in [5.41, 5.74) is 5.60. The quantitative estimate of drug-likeness (QED) is 0.487. The van der Waals surface area contributed by atoms with Gasteiger partial charge in [0.25, 0.3) is 5.69 Å². The van der Waals surface area contributed by atoms with E-state index in [0.29, 0.717) is 0 Å². The van der Waals surface area contributed by atoms with E-state index in [9.17, 15) is 23.3 Å². The minimum atomic E-state index is -4.04. The topological polar surface area (TPSA) is 118 Å². The summed E-state index contributed by atoms with van der Waals surface area (Å²) < 4.78 is 28.3. The summed E-state index contributed by atoms with van der Waals surface area (Å²) >= 11 is 0. The van der Waals surface area contributed by atoms with Gasteiger partial charge in [0.05, 0.1) is 9.82 Å². The van der Waals surface area contributed by atoms with Crippen molar-refractivity contribution in [2.75, 3.05) is 5.32 Å². The third kappa shape index (κ3) is 4.27. The van der Waals surface area contributed by atoms with E-state index in [4.69, 9.17) is 0 Å². The maximum atomic E-state index is 13.3. The molecular weight excluding hydrogens is 430 g/mol. The first-order valence-corrected chi connectivity index (χ1v) is 12.4. The number of nitrogens with zero attached hydrogens (tertiary/aromatic N) is 1. The highest BCUT2D eigenvalue weighted by Gasteiger charge is 2.31. The fraction of sp³-hybridized carbons (Fsp3) is 0.435. The fourth-order valence-corrected chi connectivity index (χ4v) is 5.99. The number of fused-ring (bicyclic) bond motifs is 2. The van der Waals surface area contributed by atoms with Gasteiger partial charge in [-0.2, -0.15) is 4.72 Å². The van der Waals surface area contributed by atoms with E-state index < -0.39 is 21.0 Å². The van der Waals surface area contributed by atoms with E-state index in [-0.39, 0.29) is 22.4 Å². The van der Waals surface area contributed by atoms with Crippen molar-refractivity contribution >= 4 is 27.3 Å². The number of anilines is 1. The van der Waals surface area contributed by atoms with Crippen molar-refractivity contribution in [3.05, 3.63) is 62.7 Å². The van der Waals surface area contributed by atoms with Gasteiger partial charge in [-0.3, -0.25) is 14.9 Å². The number of nitro benzene ring substituents is 1. The average Bonchev–Trinajstić information content (AvgIpc) is 3.41. The molecular formula is C23H27N3O5S. The zero-order valence-corrected chi connectivity index (χ0v) is 19.0. The van der Waals surface area contributed by atoms with Crippen molar-refractivity contribution in [1.82, 2.24) is 4.72 Å². The van der Waals surface area contributed by atoms with Gasteiger partial charge < -0.3 is 5.32 Å². The summed E-state index contributed by atoms with van der Waals surface area (Å²) in [6, 6.07) is 5.91. The molecule has 0 spiro atoms. The van der Waals surface area contributed by atoms with Gasteiger partial charge in [-0.1, -0.05) is 19.9 Å². The first kappa shape index (κ1) is 22.4. The molecule has 0 saturated heterocycles. The van der Waals surface area contributed by atoms with Crippen molar-refractivity contribution in [3.63, 3.8) is 0 Å². The van der Waals surface area contributed by atoms with Gasteiger partial charge in [0.15, 0.2) is 0 Å². The molecule has 1 atom stereocenters. The number of non-ortho nitro benzene ring substituents is 1. The maximum absolute atomic E-state index is 13.3. The second kappa shape index (κ2) is 8.63. The lowest BCUT2D eigenvalue weighted by Gasteiger charge is -2.24. The highest BCUT2D eigenvalue weighted by atomic mass is 32.2. The first-order chi connectivity index (χ1) is 15.2. The summed E-state index contributed by atoms with van der Waals surface area (Å²) in [5, 5.41) is 13.9. The Morgan fingerprint density at radius 1 is 1.00 bits per heavy atom. The number of hydrogen-bond acceptors (Lipinski definition) is 5. The standard InChI is InChI=1S/C23H27N3O5S/c1-14(2)21(25-32(30,31)18-11-9-17(10-12-18)26(28)29)23(27)24-22-19-7-3-5-15(19)13-16-6-4-8-20(16)22/h9-14,21,25H,3-8H2,1-2H3,(H,24,27)/t21-/m0/s1. The molecule has 0 aliphatic heterocycles. The lowest BCUT2D eigenvalue weighted by Crippen LogP contribution is -2.47. The van der Waals surface area contributed by atoms with Crippen LogP contribution in [0.5, 0.6) is 0 Å². The van der Waals surface area contributed by atoms with Crippen molar-refractivity contribution < 1.29 is 18.1 Å². The highest BCUT2D eigenvalue weighted by Crippen LogP contribution is 2.38. The van der Waals surface area contributed by atoms with Gasteiger partial charge in [0.2, 0.25) is 15.9 Å². The molecule has 9 heteroatoms. The maximum Gasteiger partial charge on any atom is 0.269 e. The summed E-state index contributed by atoms with van der Waals surface area (Å²) in [4.78, 5) is 23.4. The Morgan fingerprint density at radius 3 is 2.06 bits per heavy atom. The van der Waals surface area contributed by atoms with Crippen molar-refractivity contribution in [3.8, 4) is 0 Å². The first-order valence-electron chi connectivity index (χ1n) is 10.9. The van der Waals surface area contributed by atoms with E-state index in [1.54, 1.807) is 13.8 Å². The molecule has 1 amide bonds. The molecule has 0 heterocycles. The lowest BCUT2D eigenvalue weighted by atomic mass is 9.97. The van der Waals surface area contributed by atoms with Gasteiger partial charge in [-0.15, -0.1) is 0 Å². The number of aryl methyl sites for hydroxylation is 2. The number of rotatable bonds is 7. The van der Waals surface area contributed by atoms with Crippen LogP contribution in [0.25, 0.3) is 0 Å². The molecule has 32 heavy (non-hydrogen) atoms. The number of nitrogens with one attached hydrogen (secondary N) is 2. The zero-order chi connectivity index (χ0) is 23.0. The van der Waals surface area contributed by atoms with Gasteiger partial charge in [-0.05, 0) is 78.8 Å². The molecule has 0 radical (unpaired) electrons. The third-order valence-electron chi connectivity index (χ3n) is 6.31. The molecule has 8 nitrogen and oxygen atoms in total. The van der Waals surface area contributed by atoms with Gasteiger partial charge in [0, 0.05) is 17.8 Å². The summed E-state index contributed by atoms with van der Waals surface area (Å²) in [7, 11) is -4.04. The van der Waals surface area contributed by atoms with Crippen LogP contribution in [-0.4, -0.2) is 25.3 Å². The van der Waals surface area contributed by atoms with Crippen molar-refractivity contribution in [2.45, 2.75) is 63.3 Å². The van der Waals surface area contributed by atoms with Crippen LogP contribution in [0, 0.1) is 16.0 Å². The number of hydrogen-bond donors (Lipinski definition) is 2. The Hall–Kier alpha value is -2.78. The number of carbonyl (C=O) groups excluding carboxylic acids is 1. The molecule has 4 rings (SSSR count). The minimum Gasteiger partial charge on any atom is -0.324 e. The second-order valence-corrected chi connectivity index (χ2v) is 10.5. The number of amides is 1. The Bertz CT molecular complexity index is 1140. The zero-order valence-electron chi connectivity index (χ0n) is 18.2. The fourth-order valence-electron chi connectivity index (χ4n) is 4.64. The molecule has 170 valence electrons. The van der Waals surface area contributed by atoms with Crippen LogP contribution in [0.4, 0.5) is 11.4 Å². The predicted octanol–water partition coefficient (Wildman–Crippen LogP) is 3.51. The molecule has 2 aliphatic rings. The summed E-state index contributed by atoms with van der Waals surface area (Å²) in [5.74, 6) is -0.687. The van der Waals surface area contributed by atoms with Crippen LogP contribution in [-0.2, 0) is 40.5 Å². The summed E-state index contributed by atoms with van der Waals surface area (Å²) in [6.45, 7) is 3.56. The number of carbonyl (C=O) groups is 1. The van der Waals surface area contributed by atoms with Gasteiger partial charge in [-0.25, -0.2) is 8.42 Å². The van der Waals surface area contributed by atoms with Crippen LogP contribution in [0.15, 0.2) is 35.2 Å². The predicted molar refractivity (Wildman–Crippen MR) is 121 cm³/mol. The molecule has 0 bridgehead atoms. The molecule has 2 aromatic rings. The summed E-state index contributed by atoms with van der Waals surface area (Å²) in [6.07, 6.45) is 5.96. The van der Waals surface area contributed by atoms with E-state index in [2.05, 4.69) is 16.1 Å². The Morgan fingerprint density at radius 2 is 1.56 bits per heavy atom. The second-order valence-electron chi connectivity index (χ2n) is 8.82. The molecule has 0 saturated carbocycles. The molecule has 2 aromatic carbocycles. The number of sulfonamides is 1. The monoisotopic (exact) mass is 457 g/mol. The molecule has 2 aliphatic carbocycles. The Labute approximate surface area is 187 Å². The SMILES string of the molecule is CC(C)[C@H](NS(=O)(=O)c1ccc([N+](=O)[O-])cc1)C(=O)Nc1c2c(cc3c1CCC3)CCC2. The third-order valence-corrected chi connectivity index (χ3v) is 7.77. The highest BCUT2D eigenvalue weighted by molar-refractivity contribution is 7.89. The molecule has 0 fully saturated rings. The largest absolute Gasteiger partial charge is 0.324 e. The van der Waals surface area contributed by atoms with Crippen LogP contribution in [0.3, 0.4) is 0 Å².